The number of benzene rings is 2. The third-order valence-corrected chi connectivity index (χ3v) is 6.14. The number of thiazole rings is 2. The smallest absolute Gasteiger partial charge is 0.230 e. The molecule has 0 saturated heterocycles. The average Bonchev–Trinajstić information content (AvgIpc) is 3.43. The molecule has 7 nitrogen and oxygen atoms in total. The van der Waals surface area contributed by atoms with E-state index in [0.29, 0.717) is 22.3 Å². The maximum absolute atomic E-state index is 12.6. The van der Waals surface area contributed by atoms with Gasteiger partial charge in [-0.2, -0.15) is 0 Å². The number of aromatic nitrogens is 2. The second-order valence-corrected chi connectivity index (χ2v) is 8.45. The lowest BCUT2D eigenvalue weighted by atomic mass is 10.1. The summed E-state index contributed by atoms with van der Waals surface area (Å²) in [5, 5.41) is 5.10. The molecule has 2 aromatic heterocycles. The molecule has 0 aliphatic rings. The summed E-state index contributed by atoms with van der Waals surface area (Å²) in [7, 11) is 3.14. The average molecular weight is 454 g/mol. The van der Waals surface area contributed by atoms with Crippen LogP contribution in [0.3, 0.4) is 0 Å². The highest BCUT2D eigenvalue weighted by atomic mass is 32.1. The predicted octanol–water partition coefficient (Wildman–Crippen LogP) is 4.38. The van der Waals surface area contributed by atoms with Gasteiger partial charge in [-0.1, -0.05) is 17.4 Å². The highest BCUT2D eigenvalue weighted by Gasteiger charge is 2.14. The van der Waals surface area contributed by atoms with Gasteiger partial charge in [-0.3, -0.25) is 9.59 Å². The van der Waals surface area contributed by atoms with Gasteiger partial charge in [0.2, 0.25) is 5.91 Å². The zero-order chi connectivity index (χ0) is 21.8. The number of rotatable bonds is 8. The summed E-state index contributed by atoms with van der Waals surface area (Å²) in [6.45, 7) is 0. The summed E-state index contributed by atoms with van der Waals surface area (Å²) in [5.74, 6) is 1.05. The number of anilines is 1. The molecule has 1 N–H and O–H groups in total. The van der Waals surface area contributed by atoms with Crippen molar-refractivity contribution in [3.05, 3.63) is 64.1 Å². The second-order valence-electron chi connectivity index (χ2n) is 6.70. The largest absolute Gasteiger partial charge is 0.497 e. The van der Waals surface area contributed by atoms with E-state index in [1.165, 1.54) is 22.7 Å². The van der Waals surface area contributed by atoms with Crippen molar-refractivity contribution < 1.29 is 19.1 Å². The van der Waals surface area contributed by atoms with Crippen LogP contribution < -0.4 is 14.8 Å². The predicted molar refractivity (Wildman–Crippen MR) is 122 cm³/mol. The molecule has 1 amide bonds. The molecular weight excluding hydrogens is 434 g/mol. The van der Waals surface area contributed by atoms with Crippen LogP contribution in [0, 0.1) is 0 Å². The van der Waals surface area contributed by atoms with Crippen LogP contribution in [0.5, 0.6) is 11.5 Å². The summed E-state index contributed by atoms with van der Waals surface area (Å²) in [5.41, 5.74) is 4.51. The quantitative estimate of drug-likeness (QED) is 0.398. The van der Waals surface area contributed by atoms with E-state index in [4.69, 9.17) is 9.47 Å². The molecular formula is C22H19N3O4S2. The number of ether oxygens (including phenoxy) is 2. The minimum Gasteiger partial charge on any atom is -0.497 e. The molecule has 2 heterocycles. The fraction of sp³-hybridized carbons (Fsp3) is 0.182. The maximum Gasteiger partial charge on any atom is 0.230 e. The zero-order valence-electron chi connectivity index (χ0n) is 16.9. The topological polar surface area (TPSA) is 90.4 Å². The van der Waals surface area contributed by atoms with Gasteiger partial charge in [0.15, 0.2) is 10.9 Å². The van der Waals surface area contributed by atoms with E-state index in [1.807, 2.05) is 18.2 Å². The van der Waals surface area contributed by atoms with Crippen LogP contribution >= 0.6 is 22.7 Å². The normalized spacial score (nSPS) is 10.8. The maximum atomic E-state index is 12.6. The van der Waals surface area contributed by atoms with Crippen molar-refractivity contribution in [1.82, 2.24) is 9.97 Å². The molecule has 158 valence electrons. The van der Waals surface area contributed by atoms with Crippen molar-refractivity contribution in [1.29, 1.82) is 0 Å². The molecule has 0 fully saturated rings. The van der Waals surface area contributed by atoms with Gasteiger partial charge in [-0.05, 0) is 35.9 Å². The molecule has 0 saturated carbocycles. The van der Waals surface area contributed by atoms with Gasteiger partial charge >= 0.3 is 0 Å². The van der Waals surface area contributed by atoms with Crippen molar-refractivity contribution in [2.45, 2.75) is 12.8 Å². The molecule has 31 heavy (non-hydrogen) atoms. The zero-order valence-corrected chi connectivity index (χ0v) is 18.5. The molecule has 0 aliphatic carbocycles. The SMILES string of the molecule is COc1ccc(OC)c(CC(=O)Nc2nc3ccc(CC(=O)c4cscn4)cc3s2)c1. The van der Waals surface area contributed by atoms with Gasteiger partial charge < -0.3 is 14.8 Å². The molecule has 4 aromatic rings. The third-order valence-electron chi connectivity index (χ3n) is 4.62. The number of hydrogen-bond acceptors (Lipinski definition) is 8. The van der Waals surface area contributed by atoms with Crippen LogP contribution in [0.2, 0.25) is 0 Å². The Bertz CT molecular complexity index is 1240. The highest BCUT2D eigenvalue weighted by molar-refractivity contribution is 7.22. The van der Waals surface area contributed by atoms with Crippen LogP contribution in [0.15, 0.2) is 47.3 Å². The summed E-state index contributed by atoms with van der Waals surface area (Å²) >= 11 is 2.77. The second kappa shape index (κ2) is 9.23. The van der Waals surface area contributed by atoms with Crippen LogP contribution in [0.4, 0.5) is 5.13 Å². The lowest BCUT2D eigenvalue weighted by Crippen LogP contribution is -2.14. The van der Waals surface area contributed by atoms with Crippen LogP contribution in [0.25, 0.3) is 10.2 Å². The number of hydrogen-bond donors (Lipinski definition) is 1. The first-order valence-corrected chi connectivity index (χ1v) is 11.1. The van der Waals surface area contributed by atoms with E-state index in [2.05, 4.69) is 15.3 Å². The minimum atomic E-state index is -0.204. The Labute approximate surface area is 186 Å². The number of carbonyl (C=O) groups excluding carboxylic acids is 2. The van der Waals surface area contributed by atoms with E-state index in [0.717, 1.165) is 21.3 Å². The van der Waals surface area contributed by atoms with E-state index in [-0.39, 0.29) is 24.5 Å². The molecule has 0 aliphatic heterocycles. The lowest BCUT2D eigenvalue weighted by molar-refractivity contribution is -0.115. The molecule has 9 heteroatoms. The molecule has 0 atom stereocenters. The first-order valence-electron chi connectivity index (χ1n) is 9.37. The molecule has 2 aromatic carbocycles. The number of amides is 1. The van der Waals surface area contributed by atoms with Gasteiger partial charge in [-0.25, -0.2) is 9.97 Å². The van der Waals surface area contributed by atoms with Gasteiger partial charge in [-0.15, -0.1) is 11.3 Å². The number of carbonyl (C=O) groups is 2. The first kappa shape index (κ1) is 21.0. The van der Waals surface area contributed by atoms with E-state index in [9.17, 15) is 9.59 Å². The van der Waals surface area contributed by atoms with Crippen LogP contribution in [-0.2, 0) is 17.6 Å². The molecule has 0 bridgehead atoms. The van der Waals surface area contributed by atoms with Crippen LogP contribution in [0.1, 0.15) is 21.6 Å². The number of nitrogens with zero attached hydrogens (tertiary/aromatic N) is 2. The minimum absolute atomic E-state index is 0.0223. The molecule has 4 rings (SSSR count). The Morgan fingerprint density at radius 3 is 2.68 bits per heavy atom. The van der Waals surface area contributed by atoms with Crippen molar-refractivity contribution in [2.75, 3.05) is 19.5 Å². The molecule has 0 radical (unpaired) electrons. The Hall–Kier alpha value is -3.30. The Balaban J connectivity index is 1.46. The van der Waals surface area contributed by atoms with Gasteiger partial charge in [0.1, 0.15) is 17.2 Å². The van der Waals surface area contributed by atoms with Crippen molar-refractivity contribution >= 4 is 49.7 Å². The van der Waals surface area contributed by atoms with Gasteiger partial charge in [0.05, 0.1) is 36.4 Å². The first-order chi connectivity index (χ1) is 15.1. The summed E-state index contributed by atoms with van der Waals surface area (Å²) in [6, 6.07) is 11.0. The standard InChI is InChI=1S/C22H19N3O4S2/c1-28-15-4-6-19(29-2)14(9-15)10-21(27)25-22-24-16-5-3-13(8-20(16)31-22)7-18(26)17-11-30-12-23-17/h3-6,8-9,11-12H,7,10H2,1-2H3,(H,24,25,27). The van der Waals surface area contributed by atoms with Gasteiger partial charge in [0.25, 0.3) is 0 Å². The number of nitrogens with one attached hydrogen (secondary N) is 1. The number of fused-ring (bicyclic) bond motifs is 1. The fourth-order valence-corrected chi connectivity index (χ4v) is 4.62. The van der Waals surface area contributed by atoms with Crippen molar-refractivity contribution in [3.8, 4) is 11.5 Å². The van der Waals surface area contributed by atoms with E-state index < -0.39 is 0 Å². The Morgan fingerprint density at radius 2 is 1.94 bits per heavy atom. The monoisotopic (exact) mass is 453 g/mol. The fourth-order valence-electron chi connectivity index (χ4n) is 3.12. The number of ketones is 1. The summed E-state index contributed by atoms with van der Waals surface area (Å²) in [4.78, 5) is 33.4. The third kappa shape index (κ3) is 4.89. The van der Waals surface area contributed by atoms with E-state index >= 15 is 0 Å². The Morgan fingerprint density at radius 1 is 1.06 bits per heavy atom. The molecule has 0 spiro atoms. The van der Waals surface area contributed by atoms with E-state index in [1.54, 1.807) is 43.3 Å². The molecule has 0 unspecified atom stereocenters. The summed E-state index contributed by atoms with van der Waals surface area (Å²) in [6.07, 6.45) is 0.401. The number of Topliss-reactive ketones (excluding diaryl/α,β-unsaturated/α-hetero) is 1. The summed E-state index contributed by atoms with van der Waals surface area (Å²) < 4.78 is 11.5. The van der Waals surface area contributed by atoms with Crippen molar-refractivity contribution in [3.63, 3.8) is 0 Å². The number of methoxy groups -OCH3 is 2. The van der Waals surface area contributed by atoms with Gasteiger partial charge in [0, 0.05) is 17.4 Å². The Kier molecular flexibility index (Phi) is 6.24. The van der Waals surface area contributed by atoms with Crippen molar-refractivity contribution in [2.24, 2.45) is 0 Å². The highest BCUT2D eigenvalue weighted by Crippen LogP contribution is 2.28. The lowest BCUT2D eigenvalue weighted by Gasteiger charge is -2.10. The van der Waals surface area contributed by atoms with Crippen LogP contribution in [-0.4, -0.2) is 35.9 Å².